The van der Waals surface area contributed by atoms with Crippen LogP contribution in [0.15, 0.2) is 12.2 Å². The summed E-state index contributed by atoms with van der Waals surface area (Å²) in [6.45, 7) is 14.8. The molecule has 4 nitrogen and oxygen atoms in total. The minimum absolute atomic E-state index is 0.611. The predicted molar refractivity (Wildman–Crippen MR) is 100 cm³/mol. The average Bonchev–Trinajstić information content (AvgIpc) is 2.52. The first-order chi connectivity index (χ1) is 11.4. The Hall–Kier alpha value is -0.420. The summed E-state index contributed by atoms with van der Waals surface area (Å²) < 4.78 is 0. The van der Waals surface area contributed by atoms with Gasteiger partial charge in [0.2, 0.25) is 0 Å². The summed E-state index contributed by atoms with van der Waals surface area (Å²) in [4.78, 5) is 4.88. The van der Waals surface area contributed by atoms with Crippen LogP contribution in [0.3, 0.4) is 0 Å². The van der Waals surface area contributed by atoms with Gasteiger partial charge in [0, 0.05) is 26.2 Å². The normalized spacial score (nSPS) is 24.8. The lowest BCUT2D eigenvalue weighted by Gasteiger charge is -2.41. The zero-order valence-corrected chi connectivity index (χ0v) is 15.9. The molecule has 0 aromatic rings. The van der Waals surface area contributed by atoms with Crippen LogP contribution in [-0.2, 0) is 0 Å². The first kappa shape index (κ1) is 19.9. The highest BCUT2D eigenvalue weighted by Gasteiger charge is 2.36. The molecule has 2 saturated heterocycles. The molecule has 0 radical (unpaired) electrons. The van der Waals surface area contributed by atoms with E-state index in [0.717, 1.165) is 70.5 Å². The van der Waals surface area contributed by atoms with Crippen molar-refractivity contribution in [3.05, 3.63) is 12.2 Å². The molecule has 2 aliphatic rings. The Morgan fingerprint density at radius 2 is 1.12 bits per heavy atom. The zero-order valence-electron chi connectivity index (χ0n) is 15.9. The molecule has 2 rings (SSSR count). The van der Waals surface area contributed by atoms with Gasteiger partial charge >= 0.3 is 0 Å². The van der Waals surface area contributed by atoms with Gasteiger partial charge in [0.25, 0.3) is 0 Å². The molecule has 2 N–H and O–H groups in total. The zero-order chi connectivity index (χ0) is 17.6. The van der Waals surface area contributed by atoms with Gasteiger partial charge in [-0.3, -0.25) is 0 Å². The standard InChI is InChI=1S/C20H38N2O2/c1-4-10-21-12-6-19(23,7-13-21)16-18(3)17-20(24)8-14-22(11-5-2)15-9-20/h23-24H,3-17H2,1-2H3. The Bertz CT molecular complexity index is 358. The largest absolute Gasteiger partial charge is 0.389 e. The Morgan fingerprint density at radius 1 is 0.792 bits per heavy atom. The van der Waals surface area contributed by atoms with Gasteiger partial charge in [0.15, 0.2) is 0 Å². The summed E-state index contributed by atoms with van der Waals surface area (Å²) in [5.41, 5.74) is -0.200. The third-order valence-electron chi connectivity index (χ3n) is 5.81. The summed E-state index contributed by atoms with van der Waals surface area (Å²) in [5.74, 6) is 0. The van der Waals surface area contributed by atoms with E-state index in [0.29, 0.717) is 12.8 Å². The van der Waals surface area contributed by atoms with Crippen LogP contribution in [0, 0.1) is 0 Å². The molecular formula is C20H38N2O2. The molecular weight excluding hydrogens is 300 g/mol. The maximum Gasteiger partial charge on any atom is 0.0709 e. The Labute approximate surface area is 148 Å². The van der Waals surface area contributed by atoms with Gasteiger partial charge in [-0.1, -0.05) is 26.0 Å². The molecule has 0 saturated carbocycles. The number of aliphatic hydroxyl groups is 2. The van der Waals surface area contributed by atoms with Crippen molar-refractivity contribution in [2.75, 3.05) is 39.3 Å². The van der Waals surface area contributed by atoms with Crippen LogP contribution in [-0.4, -0.2) is 70.5 Å². The molecule has 0 aromatic heterocycles. The average molecular weight is 339 g/mol. The van der Waals surface area contributed by atoms with E-state index in [1.54, 1.807) is 0 Å². The second-order valence-electron chi connectivity index (χ2n) is 8.24. The molecule has 2 fully saturated rings. The smallest absolute Gasteiger partial charge is 0.0709 e. The van der Waals surface area contributed by atoms with E-state index >= 15 is 0 Å². The lowest BCUT2D eigenvalue weighted by Crippen LogP contribution is -2.46. The van der Waals surface area contributed by atoms with Crippen LogP contribution in [0.2, 0.25) is 0 Å². The lowest BCUT2D eigenvalue weighted by atomic mass is 9.79. The summed E-state index contributed by atoms with van der Waals surface area (Å²) in [6.07, 6.45) is 6.95. The van der Waals surface area contributed by atoms with Gasteiger partial charge < -0.3 is 20.0 Å². The number of piperidine rings is 2. The van der Waals surface area contributed by atoms with Gasteiger partial charge in [-0.25, -0.2) is 0 Å². The topological polar surface area (TPSA) is 46.9 Å². The molecule has 0 aromatic carbocycles. The van der Waals surface area contributed by atoms with E-state index in [-0.39, 0.29) is 0 Å². The molecule has 24 heavy (non-hydrogen) atoms. The highest BCUT2D eigenvalue weighted by Crippen LogP contribution is 2.34. The first-order valence-electron chi connectivity index (χ1n) is 9.94. The number of rotatable bonds is 8. The third kappa shape index (κ3) is 5.83. The predicted octanol–water partition coefficient (Wildman–Crippen LogP) is 2.80. The van der Waals surface area contributed by atoms with E-state index in [9.17, 15) is 10.2 Å². The maximum absolute atomic E-state index is 10.9. The van der Waals surface area contributed by atoms with Gasteiger partial charge in [-0.2, -0.15) is 0 Å². The molecule has 0 aliphatic carbocycles. The van der Waals surface area contributed by atoms with Gasteiger partial charge in [-0.15, -0.1) is 0 Å². The van der Waals surface area contributed by atoms with Crippen molar-refractivity contribution in [2.45, 2.75) is 76.4 Å². The molecule has 2 heterocycles. The number of hydrogen-bond donors (Lipinski definition) is 2. The van der Waals surface area contributed by atoms with E-state index in [4.69, 9.17) is 0 Å². The second kappa shape index (κ2) is 8.79. The lowest BCUT2D eigenvalue weighted by molar-refractivity contribution is -0.0350. The maximum atomic E-state index is 10.9. The highest BCUT2D eigenvalue weighted by atomic mass is 16.3. The van der Waals surface area contributed by atoms with E-state index in [1.165, 1.54) is 12.8 Å². The van der Waals surface area contributed by atoms with Gasteiger partial charge in [0.1, 0.15) is 0 Å². The van der Waals surface area contributed by atoms with Crippen molar-refractivity contribution in [3.63, 3.8) is 0 Å². The van der Waals surface area contributed by atoms with Crippen molar-refractivity contribution in [3.8, 4) is 0 Å². The summed E-state index contributed by atoms with van der Waals surface area (Å²) in [6, 6.07) is 0. The fraction of sp³-hybridized carbons (Fsp3) is 0.900. The number of hydrogen-bond acceptors (Lipinski definition) is 4. The summed E-state index contributed by atoms with van der Waals surface area (Å²) in [5, 5.41) is 21.8. The minimum atomic E-state index is -0.611. The molecule has 2 aliphatic heterocycles. The van der Waals surface area contributed by atoms with Crippen molar-refractivity contribution in [2.24, 2.45) is 0 Å². The van der Waals surface area contributed by atoms with Crippen LogP contribution < -0.4 is 0 Å². The molecule has 140 valence electrons. The number of likely N-dealkylation sites (tertiary alicyclic amines) is 2. The van der Waals surface area contributed by atoms with Crippen LogP contribution in [0.4, 0.5) is 0 Å². The summed E-state index contributed by atoms with van der Waals surface area (Å²) >= 11 is 0. The van der Waals surface area contributed by atoms with Crippen LogP contribution in [0.1, 0.15) is 65.2 Å². The van der Waals surface area contributed by atoms with Crippen molar-refractivity contribution in [1.29, 1.82) is 0 Å². The molecule has 0 spiro atoms. The van der Waals surface area contributed by atoms with Crippen molar-refractivity contribution < 1.29 is 10.2 Å². The number of nitrogens with zero attached hydrogens (tertiary/aromatic N) is 2. The fourth-order valence-electron chi connectivity index (χ4n) is 4.36. The van der Waals surface area contributed by atoms with E-state index in [2.05, 4.69) is 30.2 Å². The molecule has 0 amide bonds. The monoisotopic (exact) mass is 338 g/mol. The van der Waals surface area contributed by atoms with E-state index in [1.807, 2.05) is 0 Å². The van der Waals surface area contributed by atoms with E-state index < -0.39 is 11.2 Å². The second-order valence-corrected chi connectivity index (χ2v) is 8.24. The van der Waals surface area contributed by atoms with Crippen molar-refractivity contribution in [1.82, 2.24) is 9.80 Å². The quantitative estimate of drug-likeness (QED) is 0.668. The summed E-state index contributed by atoms with van der Waals surface area (Å²) in [7, 11) is 0. The fourth-order valence-corrected chi connectivity index (χ4v) is 4.36. The Balaban J connectivity index is 1.76. The molecule has 0 bridgehead atoms. The van der Waals surface area contributed by atoms with Crippen LogP contribution in [0.25, 0.3) is 0 Å². The Kier molecular flexibility index (Phi) is 7.29. The molecule has 0 unspecified atom stereocenters. The minimum Gasteiger partial charge on any atom is -0.389 e. The van der Waals surface area contributed by atoms with Gasteiger partial charge in [-0.05, 0) is 64.5 Å². The van der Waals surface area contributed by atoms with Crippen molar-refractivity contribution >= 4 is 0 Å². The first-order valence-corrected chi connectivity index (χ1v) is 9.94. The highest BCUT2D eigenvalue weighted by molar-refractivity contribution is 5.08. The SMILES string of the molecule is C=C(CC1(O)CCN(CCC)CC1)CC1(O)CCN(CCC)CC1. The third-order valence-corrected chi connectivity index (χ3v) is 5.81. The molecule has 4 heteroatoms. The van der Waals surface area contributed by atoms with Gasteiger partial charge in [0.05, 0.1) is 11.2 Å². The van der Waals surface area contributed by atoms with Crippen LogP contribution in [0.5, 0.6) is 0 Å². The molecule has 0 atom stereocenters. The van der Waals surface area contributed by atoms with Crippen LogP contribution >= 0.6 is 0 Å². The Morgan fingerprint density at radius 3 is 1.42 bits per heavy atom.